The molecule has 0 aromatic rings. The zero-order chi connectivity index (χ0) is 11.8. The fourth-order valence-electron chi connectivity index (χ4n) is 1.52. The lowest BCUT2D eigenvalue weighted by atomic mass is 10.1. The minimum absolute atomic E-state index is 0.302. The van der Waals surface area contributed by atoms with Crippen molar-refractivity contribution >= 4 is 17.8 Å². The van der Waals surface area contributed by atoms with Gasteiger partial charge in [0.25, 0.3) is 0 Å². The van der Waals surface area contributed by atoms with E-state index in [0.717, 1.165) is 9.80 Å². The van der Waals surface area contributed by atoms with Crippen LogP contribution in [0.4, 0.5) is 4.79 Å². The predicted molar refractivity (Wildman–Crippen MR) is 54.0 cm³/mol. The number of imide groups is 2. The highest BCUT2D eigenvalue weighted by atomic mass is 16.2. The lowest BCUT2D eigenvalue weighted by Gasteiger charge is -2.28. The van der Waals surface area contributed by atoms with Gasteiger partial charge in [0.15, 0.2) is 0 Å². The third kappa shape index (κ3) is 1.86. The van der Waals surface area contributed by atoms with Gasteiger partial charge in [0, 0.05) is 12.1 Å². The molecule has 0 aromatic heterocycles. The molecule has 1 fully saturated rings. The van der Waals surface area contributed by atoms with Gasteiger partial charge in [-0.05, 0) is 27.2 Å². The second-order valence-corrected chi connectivity index (χ2v) is 4.55. The van der Waals surface area contributed by atoms with E-state index >= 15 is 0 Å². The Labute approximate surface area is 89.0 Å². The predicted octanol–water partition coefficient (Wildman–Crippen LogP) is 0.986. The molecule has 0 radical (unpaired) electrons. The highest BCUT2D eigenvalue weighted by molar-refractivity contribution is 6.44. The van der Waals surface area contributed by atoms with Crippen LogP contribution in [-0.2, 0) is 9.59 Å². The highest BCUT2D eigenvalue weighted by Gasteiger charge is 2.48. The van der Waals surface area contributed by atoms with Crippen LogP contribution < -0.4 is 0 Å². The zero-order valence-corrected chi connectivity index (χ0v) is 9.53. The van der Waals surface area contributed by atoms with Gasteiger partial charge in [-0.15, -0.1) is 0 Å². The second-order valence-electron chi connectivity index (χ2n) is 4.55. The molecule has 0 aromatic carbocycles. The molecule has 5 nitrogen and oxygen atoms in total. The third-order valence-electron chi connectivity index (χ3n) is 2.17. The van der Waals surface area contributed by atoms with Crippen molar-refractivity contribution in [3.8, 4) is 0 Å². The summed E-state index contributed by atoms with van der Waals surface area (Å²) in [6.45, 7) is 7.34. The van der Waals surface area contributed by atoms with Crippen molar-refractivity contribution in [1.29, 1.82) is 0 Å². The van der Waals surface area contributed by atoms with E-state index in [1.165, 1.54) is 0 Å². The van der Waals surface area contributed by atoms with Crippen LogP contribution in [0.1, 0.15) is 34.1 Å². The van der Waals surface area contributed by atoms with Crippen LogP contribution in [0.2, 0.25) is 0 Å². The molecule has 1 saturated heterocycles. The minimum atomic E-state index is -0.721. The lowest BCUT2D eigenvalue weighted by molar-refractivity contribution is -0.144. The summed E-state index contributed by atoms with van der Waals surface area (Å²) in [5.41, 5.74) is -0.647. The third-order valence-corrected chi connectivity index (χ3v) is 2.17. The van der Waals surface area contributed by atoms with Crippen molar-refractivity contribution < 1.29 is 14.4 Å². The van der Waals surface area contributed by atoms with E-state index in [0.29, 0.717) is 13.0 Å². The topological polar surface area (TPSA) is 57.7 Å². The van der Waals surface area contributed by atoms with Crippen molar-refractivity contribution in [3.63, 3.8) is 0 Å². The molecule has 0 saturated carbocycles. The first-order chi connectivity index (χ1) is 6.80. The summed E-state index contributed by atoms with van der Waals surface area (Å²) >= 11 is 0. The number of rotatable bonds is 2. The summed E-state index contributed by atoms with van der Waals surface area (Å²) in [5.74, 6) is -1.43. The largest absolute Gasteiger partial charge is 0.334 e. The van der Waals surface area contributed by atoms with Crippen LogP contribution in [0.3, 0.4) is 0 Å². The normalized spacial score (nSPS) is 18.0. The first-order valence-electron chi connectivity index (χ1n) is 5.00. The molecule has 15 heavy (non-hydrogen) atoms. The number of carbonyl (C=O) groups is 3. The van der Waals surface area contributed by atoms with Gasteiger partial charge < -0.3 is 0 Å². The molecule has 0 aliphatic carbocycles. The van der Waals surface area contributed by atoms with Crippen LogP contribution in [-0.4, -0.2) is 39.7 Å². The van der Waals surface area contributed by atoms with Gasteiger partial charge in [0.2, 0.25) is 0 Å². The van der Waals surface area contributed by atoms with E-state index in [1.54, 1.807) is 20.8 Å². The molecule has 0 atom stereocenters. The minimum Gasteiger partial charge on any atom is -0.263 e. The number of nitrogens with zero attached hydrogens (tertiary/aromatic N) is 2. The number of hydrogen-bond acceptors (Lipinski definition) is 3. The Morgan fingerprint density at radius 1 is 1.07 bits per heavy atom. The molecule has 1 aliphatic heterocycles. The average molecular weight is 212 g/mol. The second kappa shape index (κ2) is 3.64. The van der Waals surface area contributed by atoms with E-state index < -0.39 is 23.4 Å². The molecular formula is C10H16N2O3. The summed E-state index contributed by atoms with van der Waals surface area (Å²) in [6.07, 6.45) is 0.655. The first kappa shape index (κ1) is 11.7. The summed E-state index contributed by atoms with van der Waals surface area (Å²) in [5, 5.41) is 0. The van der Waals surface area contributed by atoms with Gasteiger partial charge in [-0.2, -0.15) is 0 Å². The van der Waals surface area contributed by atoms with Crippen molar-refractivity contribution in [1.82, 2.24) is 9.80 Å². The molecule has 5 heteroatoms. The Bertz CT molecular complexity index is 317. The molecule has 84 valence electrons. The van der Waals surface area contributed by atoms with E-state index in [1.807, 2.05) is 6.92 Å². The number of amides is 4. The van der Waals surface area contributed by atoms with Crippen LogP contribution >= 0.6 is 0 Å². The monoisotopic (exact) mass is 212 g/mol. The average Bonchev–Trinajstić information content (AvgIpc) is 2.29. The van der Waals surface area contributed by atoms with Crippen LogP contribution in [0.15, 0.2) is 0 Å². The Balaban J connectivity index is 3.01. The number of hydrogen-bond donors (Lipinski definition) is 0. The maximum atomic E-state index is 11.8. The smallest absolute Gasteiger partial charge is 0.263 e. The summed E-state index contributed by atoms with van der Waals surface area (Å²) < 4.78 is 0. The van der Waals surface area contributed by atoms with Crippen LogP contribution in [0.5, 0.6) is 0 Å². The highest BCUT2D eigenvalue weighted by Crippen LogP contribution is 2.22. The SMILES string of the molecule is CCCN1C(=O)C(=O)N(C(C)(C)C)C1=O. The van der Waals surface area contributed by atoms with Crippen LogP contribution in [0, 0.1) is 0 Å². The van der Waals surface area contributed by atoms with Crippen molar-refractivity contribution in [2.75, 3.05) is 6.54 Å². The molecule has 0 unspecified atom stereocenters. The molecule has 1 rings (SSSR count). The number of urea groups is 1. The van der Waals surface area contributed by atoms with Crippen molar-refractivity contribution in [3.05, 3.63) is 0 Å². The van der Waals surface area contributed by atoms with Gasteiger partial charge in [0.1, 0.15) is 0 Å². The van der Waals surface area contributed by atoms with Gasteiger partial charge in [-0.25, -0.2) is 4.79 Å². The Morgan fingerprint density at radius 2 is 1.60 bits per heavy atom. The Kier molecular flexibility index (Phi) is 2.83. The van der Waals surface area contributed by atoms with Gasteiger partial charge >= 0.3 is 17.8 Å². The molecular weight excluding hydrogens is 196 g/mol. The Morgan fingerprint density at radius 3 is 1.93 bits per heavy atom. The fourth-order valence-corrected chi connectivity index (χ4v) is 1.52. The van der Waals surface area contributed by atoms with E-state index in [9.17, 15) is 14.4 Å². The van der Waals surface area contributed by atoms with Crippen molar-refractivity contribution in [2.45, 2.75) is 39.7 Å². The summed E-state index contributed by atoms with van der Waals surface area (Å²) in [4.78, 5) is 36.8. The van der Waals surface area contributed by atoms with E-state index in [4.69, 9.17) is 0 Å². The molecule has 0 N–H and O–H groups in total. The maximum absolute atomic E-state index is 11.8. The molecule has 4 amide bonds. The summed E-state index contributed by atoms with van der Waals surface area (Å²) in [7, 11) is 0. The van der Waals surface area contributed by atoms with Crippen LogP contribution in [0.25, 0.3) is 0 Å². The molecule has 1 heterocycles. The zero-order valence-electron chi connectivity index (χ0n) is 9.53. The summed E-state index contributed by atoms with van der Waals surface area (Å²) in [6, 6.07) is -0.501. The Hall–Kier alpha value is -1.39. The number of carbonyl (C=O) groups excluding carboxylic acids is 3. The molecule has 1 aliphatic rings. The fraction of sp³-hybridized carbons (Fsp3) is 0.700. The van der Waals surface area contributed by atoms with Crippen molar-refractivity contribution in [2.24, 2.45) is 0 Å². The lowest BCUT2D eigenvalue weighted by Crippen LogP contribution is -2.46. The molecule has 0 spiro atoms. The van der Waals surface area contributed by atoms with Gasteiger partial charge in [0.05, 0.1) is 0 Å². The van der Waals surface area contributed by atoms with E-state index in [2.05, 4.69) is 0 Å². The first-order valence-corrected chi connectivity index (χ1v) is 5.00. The maximum Gasteiger partial charge on any atom is 0.334 e. The standard InChI is InChI=1S/C10H16N2O3/c1-5-6-11-7(13)8(14)12(9(11)15)10(2,3)4/h5-6H2,1-4H3. The van der Waals surface area contributed by atoms with E-state index in [-0.39, 0.29) is 0 Å². The van der Waals surface area contributed by atoms with Gasteiger partial charge in [-0.1, -0.05) is 6.92 Å². The quantitative estimate of drug-likeness (QED) is 0.506. The van der Waals surface area contributed by atoms with Gasteiger partial charge in [-0.3, -0.25) is 19.4 Å². The molecule has 0 bridgehead atoms.